The van der Waals surface area contributed by atoms with Crippen molar-refractivity contribution in [1.29, 1.82) is 5.26 Å². The summed E-state index contributed by atoms with van der Waals surface area (Å²) in [5.41, 5.74) is 1.69. The van der Waals surface area contributed by atoms with E-state index in [9.17, 15) is 10.1 Å². The Morgan fingerprint density at radius 3 is 2.55 bits per heavy atom. The van der Waals surface area contributed by atoms with Crippen molar-refractivity contribution in [2.24, 2.45) is 5.92 Å². The van der Waals surface area contributed by atoms with Gasteiger partial charge in [0.15, 0.2) is 5.92 Å². The van der Waals surface area contributed by atoms with E-state index in [0.29, 0.717) is 0 Å². The number of nitriles is 1. The maximum Gasteiger partial charge on any atom is 0.324 e. The minimum Gasteiger partial charge on any atom is -0.468 e. The fourth-order valence-corrected chi connectivity index (χ4v) is 2.41. The Labute approximate surface area is 125 Å². The summed E-state index contributed by atoms with van der Waals surface area (Å²) in [5.74, 6) is -1.80. The SMILES string of the molecule is COC(=O)C(C#N)C(c1ccc(Br)cc1)c1ccc[nH]1. The molecule has 102 valence electrons. The number of carbonyl (C=O) groups excluding carboxylic acids is 1. The summed E-state index contributed by atoms with van der Waals surface area (Å²) in [4.78, 5) is 14.9. The molecule has 0 amide bonds. The number of hydrogen-bond donors (Lipinski definition) is 1. The van der Waals surface area contributed by atoms with Crippen LogP contribution in [0.25, 0.3) is 0 Å². The molecule has 1 aromatic heterocycles. The van der Waals surface area contributed by atoms with Gasteiger partial charge in [0.2, 0.25) is 0 Å². The van der Waals surface area contributed by atoms with Gasteiger partial charge in [0, 0.05) is 16.4 Å². The van der Waals surface area contributed by atoms with Gasteiger partial charge in [0.1, 0.15) is 0 Å². The zero-order chi connectivity index (χ0) is 14.5. The van der Waals surface area contributed by atoms with E-state index in [1.165, 1.54) is 7.11 Å². The minimum atomic E-state index is -0.889. The molecule has 1 heterocycles. The molecule has 0 aliphatic rings. The van der Waals surface area contributed by atoms with Crippen LogP contribution in [0.4, 0.5) is 0 Å². The number of rotatable bonds is 4. The van der Waals surface area contributed by atoms with Crippen LogP contribution in [0.3, 0.4) is 0 Å². The van der Waals surface area contributed by atoms with Gasteiger partial charge in [-0.15, -0.1) is 0 Å². The van der Waals surface area contributed by atoms with Crippen molar-refractivity contribution in [3.8, 4) is 6.07 Å². The van der Waals surface area contributed by atoms with Crippen molar-refractivity contribution in [1.82, 2.24) is 4.98 Å². The third-order valence-corrected chi connectivity index (χ3v) is 3.64. The van der Waals surface area contributed by atoms with Gasteiger partial charge in [0.25, 0.3) is 0 Å². The van der Waals surface area contributed by atoms with Crippen molar-refractivity contribution in [2.75, 3.05) is 7.11 Å². The molecule has 4 nitrogen and oxygen atoms in total. The van der Waals surface area contributed by atoms with Gasteiger partial charge >= 0.3 is 5.97 Å². The van der Waals surface area contributed by atoms with Crippen molar-refractivity contribution in [3.05, 3.63) is 58.3 Å². The molecule has 20 heavy (non-hydrogen) atoms. The lowest BCUT2D eigenvalue weighted by molar-refractivity contribution is -0.143. The van der Waals surface area contributed by atoms with E-state index in [1.54, 1.807) is 6.20 Å². The Bertz CT molecular complexity index is 614. The van der Waals surface area contributed by atoms with Crippen LogP contribution in [-0.4, -0.2) is 18.1 Å². The molecule has 2 atom stereocenters. The molecule has 5 heteroatoms. The molecule has 2 rings (SSSR count). The lowest BCUT2D eigenvalue weighted by Crippen LogP contribution is -2.23. The van der Waals surface area contributed by atoms with Crippen LogP contribution in [0.1, 0.15) is 17.2 Å². The summed E-state index contributed by atoms with van der Waals surface area (Å²) in [5, 5.41) is 9.34. The topological polar surface area (TPSA) is 65.9 Å². The van der Waals surface area contributed by atoms with Crippen LogP contribution >= 0.6 is 15.9 Å². The Hall–Kier alpha value is -2.06. The Balaban J connectivity index is 2.48. The van der Waals surface area contributed by atoms with Gasteiger partial charge in [-0.1, -0.05) is 28.1 Å². The molecule has 0 radical (unpaired) electrons. The number of nitrogens with one attached hydrogen (secondary N) is 1. The number of halogens is 1. The van der Waals surface area contributed by atoms with Crippen molar-refractivity contribution in [3.63, 3.8) is 0 Å². The van der Waals surface area contributed by atoms with Gasteiger partial charge in [-0.25, -0.2) is 0 Å². The molecule has 2 aromatic rings. The van der Waals surface area contributed by atoms with Crippen molar-refractivity contribution in [2.45, 2.75) is 5.92 Å². The number of methoxy groups -OCH3 is 1. The Kier molecular flexibility index (Phi) is 4.59. The highest BCUT2D eigenvalue weighted by Crippen LogP contribution is 2.32. The maximum absolute atomic E-state index is 11.9. The molecule has 0 aliphatic carbocycles. The summed E-state index contributed by atoms with van der Waals surface area (Å²) in [6.07, 6.45) is 1.77. The molecule has 1 N–H and O–H groups in total. The van der Waals surface area contributed by atoms with Crippen LogP contribution in [0.5, 0.6) is 0 Å². The second kappa shape index (κ2) is 6.40. The van der Waals surface area contributed by atoms with E-state index in [4.69, 9.17) is 4.74 Å². The molecule has 2 unspecified atom stereocenters. The summed E-state index contributed by atoms with van der Waals surface area (Å²) in [6, 6.07) is 13.3. The van der Waals surface area contributed by atoms with Gasteiger partial charge in [-0.3, -0.25) is 4.79 Å². The van der Waals surface area contributed by atoms with Crippen molar-refractivity contribution < 1.29 is 9.53 Å². The minimum absolute atomic E-state index is 0.379. The summed E-state index contributed by atoms with van der Waals surface area (Å²) < 4.78 is 5.69. The first kappa shape index (κ1) is 14.4. The second-order valence-corrected chi connectivity index (χ2v) is 5.20. The van der Waals surface area contributed by atoms with Gasteiger partial charge in [-0.05, 0) is 29.8 Å². The Morgan fingerprint density at radius 1 is 1.35 bits per heavy atom. The smallest absolute Gasteiger partial charge is 0.324 e. The second-order valence-electron chi connectivity index (χ2n) is 4.28. The first-order valence-electron chi connectivity index (χ1n) is 6.03. The van der Waals surface area contributed by atoms with E-state index in [1.807, 2.05) is 42.5 Å². The highest BCUT2D eigenvalue weighted by atomic mass is 79.9. The predicted molar refractivity (Wildman–Crippen MR) is 77.9 cm³/mol. The average Bonchev–Trinajstić information content (AvgIpc) is 2.99. The lowest BCUT2D eigenvalue weighted by atomic mass is 9.84. The number of ether oxygens (including phenoxy) is 1. The number of nitrogens with zero attached hydrogens (tertiary/aromatic N) is 1. The lowest BCUT2D eigenvalue weighted by Gasteiger charge is -2.20. The van der Waals surface area contributed by atoms with E-state index in [-0.39, 0.29) is 5.92 Å². The van der Waals surface area contributed by atoms with E-state index in [2.05, 4.69) is 20.9 Å². The zero-order valence-electron chi connectivity index (χ0n) is 10.8. The van der Waals surface area contributed by atoms with Gasteiger partial charge in [0.05, 0.1) is 19.1 Å². The molecule has 0 bridgehead atoms. The van der Waals surface area contributed by atoms with Crippen LogP contribution < -0.4 is 0 Å². The molecule has 1 aromatic carbocycles. The standard InChI is InChI=1S/C15H13BrN2O2/c1-20-15(19)12(9-17)14(13-3-2-8-18-13)10-4-6-11(16)7-5-10/h2-8,12,14,18H,1H3. The number of carbonyl (C=O) groups is 1. The number of benzene rings is 1. The molecule has 0 saturated carbocycles. The highest BCUT2D eigenvalue weighted by Gasteiger charge is 2.32. The van der Waals surface area contributed by atoms with E-state index >= 15 is 0 Å². The van der Waals surface area contributed by atoms with Gasteiger partial charge < -0.3 is 9.72 Å². The number of H-pyrrole nitrogens is 1. The maximum atomic E-state index is 11.9. The third-order valence-electron chi connectivity index (χ3n) is 3.11. The number of hydrogen-bond acceptors (Lipinski definition) is 3. The quantitative estimate of drug-likeness (QED) is 0.874. The molecule has 0 spiro atoms. The fraction of sp³-hybridized carbons (Fsp3) is 0.200. The summed E-state index contributed by atoms with van der Waals surface area (Å²) in [7, 11) is 1.29. The summed E-state index contributed by atoms with van der Waals surface area (Å²) >= 11 is 3.38. The first-order chi connectivity index (χ1) is 9.67. The monoisotopic (exact) mass is 332 g/mol. The molecular formula is C15H13BrN2O2. The Morgan fingerprint density at radius 2 is 2.05 bits per heavy atom. The van der Waals surface area contributed by atoms with Crippen LogP contribution in [0.2, 0.25) is 0 Å². The highest BCUT2D eigenvalue weighted by molar-refractivity contribution is 9.10. The van der Waals surface area contributed by atoms with Gasteiger partial charge in [-0.2, -0.15) is 5.26 Å². The van der Waals surface area contributed by atoms with Crippen LogP contribution in [-0.2, 0) is 9.53 Å². The zero-order valence-corrected chi connectivity index (χ0v) is 12.4. The van der Waals surface area contributed by atoms with E-state index in [0.717, 1.165) is 15.7 Å². The molecular weight excluding hydrogens is 320 g/mol. The van der Waals surface area contributed by atoms with Crippen LogP contribution in [0.15, 0.2) is 47.1 Å². The number of aromatic amines is 1. The van der Waals surface area contributed by atoms with E-state index < -0.39 is 11.9 Å². The third kappa shape index (κ3) is 2.91. The summed E-state index contributed by atoms with van der Waals surface area (Å²) in [6.45, 7) is 0. The van der Waals surface area contributed by atoms with Crippen molar-refractivity contribution >= 4 is 21.9 Å². The molecule has 0 aliphatic heterocycles. The average molecular weight is 333 g/mol. The largest absolute Gasteiger partial charge is 0.468 e. The number of esters is 1. The first-order valence-corrected chi connectivity index (χ1v) is 6.83. The molecule has 0 fully saturated rings. The predicted octanol–water partition coefficient (Wildman–Crippen LogP) is 3.22. The normalized spacial score (nSPS) is 13.2. The van der Waals surface area contributed by atoms with Crippen LogP contribution in [0, 0.1) is 17.2 Å². The molecule has 0 saturated heterocycles. The fourth-order valence-electron chi connectivity index (χ4n) is 2.15. The number of aromatic nitrogens is 1.